The first-order chi connectivity index (χ1) is 13.0. The van der Waals surface area contributed by atoms with Crippen molar-refractivity contribution in [3.05, 3.63) is 60.3 Å². The summed E-state index contributed by atoms with van der Waals surface area (Å²) in [4.78, 5) is 14.0. The highest BCUT2D eigenvalue weighted by molar-refractivity contribution is 8.00. The van der Waals surface area contributed by atoms with Gasteiger partial charge < -0.3 is 9.64 Å². The molecule has 0 N–H and O–H groups in total. The molecule has 0 atom stereocenters. The van der Waals surface area contributed by atoms with E-state index in [9.17, 15) is 13.6 Å². The van der Waals surface area contributed by atoms with Crippen LogP contribution in [0.15, 0.2) is 59.8 Å². The van der Waals surface area contributed by atoms with Crippen molar-refractivity contribution in [1.29, 1.82) is 0 Å². The highest BCUT2D eigenvalue weighted by Crippen LogP contribution is 2.25. The molecule has 0 aliphatic rings. The molecule has 1 heterocycles. The molecule has 0 spiro atoms. The molecule has 1 aromatic heterocycles. The molecule has 0 aliphatic heterocycles. The fourth-order valence-corrected chi connectivity index (χ4v) is 3.41. The predicted molar refractivity (Wildman–Crippen MR) is 99.8 cm³/mol. The van der Waals surface area contributed by atoms with Gasteiger partial charge in [0.2, 0.25) is 5.91 Å². The minimum atomic E-state index is -2.85. The van der Waals surface area contributed by atoms with Crippen LogP contribution in [0.25, 0.3) is 10.8 Å². The molecule has 0 fully saturated rings. The fourth-order valence-electron chi connectivity index (χ4n) is 2.49. The van der Waals surface area contributed by atoms with E-state index in [-0.39, 0.29) is 17.4 Å². The van der Waals surface area contributed by atoms with Crippen LogP contribution in [-0.4, -0.2) is 40.4 Å². The van der Waals surface area contributed by atoms with Crippen LogP contribution in [0.2, 0.25) is 0 Å². The smallest absolute Gasteiger partial charge is 0.387 e. The minimum absolute atomic E-state index is 0.0670. The van der Waals surface area contributed by atoms with E-state index in [4.69, 9.17) is 0 Å². The maximum absolute atomic E-state index is 12.4. The molecule has 0 aliphatic carbocycles. The van der Waals surface area contributed by atoms with Gasteiger partial charge in [-0.3, -0.25) is 4.79 Å². The Morgan fingerprint density at radius 1 is 1.19 bits per heavy atom. The Kier molecular flexibility index (Phi) is 6.18. The second-order valence-electron chi connectivity index (χ2n) is 5.80. The van der Waals surface area contributed by atoms with Crippen LogP contribution < -0.4 is 4.74 Å². The lowest BCUT2D eigenvalue weighted by Gasteiger charge is -2.17. The number of amides is 1. The summed E-state index contributed by atoms with van der Waals surface area (Å²) in [5.74, 6) is 0.252. The van der Waals surface area contributed by atoms with Crippen molar-refractivity contribution in [3.63, 3.8) is 0 Å². The number of ether oxygens (including phenoxy) is 1. The van der Waals surface area contributed by atoms with Crippen molar-refractivity contribution < 1.29 is 18.3 Å². The third-order valence-electron chi connectivity index (χ3n) is 3.86. The Bertz CT molecular complexity index is 917. The normalized spacial score (nSPS) is 11.0. The molecule has 0 bridgehead atoms. The highest BCUT2D eigenvalue weighted by Gasteiger charge is 2.13. The summed E-state index contributed by atoms with van der Waals surface area (Å²) >= 11 is 1.34. The summed E-state index contributed by atoms with van der Waals surface area (Å²) in [7, 11) is 1.70. The van der Waals surface area contributed by atoms with E-state index in [0.717, 1.165) is 16.3 Å². The number of carbonyl (C=O) groups is 1. The molecule has 1 amide bonds. The summed E-state index contributed by atoms with van der Waals surface area (Å²) < 4.78 is 28.7. The molecule has 0 unspecified atom stereocenters. The van der Waals surface area contributed by atoms with E-state index >= 15 is 0 Å². The number of rotatable bonds is 7. The van der Waals surface area contributed by atoms with Gasteiger partial charge in [-0.15, -0.1) is 5.10 Å². The Morgan fingerprint density at radius 3 is 2.67 bits per heavy atom. The molecule has 0 saturated heterocycles. The van der Waals surface area contributed by atoms with Gasteiger partial charge in [0.1, 0.15) is 10.8 Å². The lowest BCUT2D eigenvalue weighted by Crippen LogP contribution is -2.27. The van der Waals surface area contributed by atoms with Crippen molar-refractivity contribution in [2.75, 3.05) is 12.8 Å². The Hall–Kier alpha value is -2.74. The lowest BCUT2D eigenvalue weighted by atomic mass is 10.2. The van der Waals surface area contributed by atoms with Crippen molar-refractivity contribution in [3.8, 4) is 5.75 Å². The average Bonchev–Trinajstić information content (AvgIpc) is 2.67. The number of halogens is 2. The third-order valence-corrected chi connectivity index (χ3v) is 4.83. The molecular weight excluding hydrogens is 372 g/mol. The summed E-state index contributed by atoms with van der Waals surface area (Å²) in [6, 6.07) is 14.0. The van der Waals surface area contributed by atoms with Gasteiger partial charge in [0.05, 0.1) is 11.9 Å². The average molecular weight is 389 g/mol. The van der Waals surface area contributed by atoms with E-state index in [1.54, 1.807) is 30.3 Å². The van der Waals surface area contributed by atoms with Crippen molar-refractivity contribution in [1.82, 2.24) is 15.1 Å². The summed E-state index contributed by atoms with van der Waals surface area (Å²) in [5, 5.41) is 10.7. The van der Waals surface area contributed by atoms with Crippen molar-refractivity contribution >= 4 is 28.4 Å². The van der Waals surface area contributed by atoms with E-state index in [2.05, 4.69) is 14.9 Å². The van der Waals surface area contributed by atoms with Crippen molar-refractivity contribution in [2.24, 2.45) is 0 Å². The zero-order valence-corrected chi connectivity index (χ0v) is 15.3. The predicted octanol–water partition coefficient (Wildman–Crippen LogP) is 3.98. The Labute approximate surface area is 159 Å². The molecule has 8 heteroatoms. The third kappa shape index (κ3) is 5.13. The van der Waals surface area contributed by atoms with Gasteiger partial charge in [0.25, 0.3) is 0 Å². The SMILES string of the molecule is CN(Cc1ccc(OC(F)F)cc1)C(=O)CSc1nncc2ccccc12. The van der Waals surface area contributed by atoms with Gasteiger partial charge >= 0.3 is 6.61 Å². The summed E-state index contributed by atoms with van der Waals surface area (Å²) in [6.07, 6.45) is 1.69. The van der Waals surface area contributed by atoms with Gasteiger partial charge in [-0.1, -0.05) is 48.2 Å². The first kappa shape index (κ1) is 19.0. The maximum Gasteiger partial charge on any atom is 0.387 e. The molecule has 3 rings (SSSR count). The summed E-state index contributed by atoms with van der Waals surface area (Å²) in [5.41, 5.74) is 0.822. The maximum atomic E-state index is 12.4. The van der Waals surface area contributed by atoms with E-state index in [0.29, 0.717) is 11.6 Å². The zero-order chi connectivity index (χ0) is 19.2. The number of benzene rings is 2. The number of carbonyl (C=O) groups excluding carboxylic acids is 1. The molecule has 140 valence electrons. The van der Waals surface area contributed by atoms with Crippen LogP contribution in [-0.2, 0) is 11.3 Å². The van der Waals surface area contributed by atoms with Crippen LogP contribution in [0, 0.1) is 0 Å². The van der Waals surface area contributed by atoms with Crippen LogP contribution >= 0.6 is 11.8 Å². The first-order valence-corrected chi connectivity index (χ1v) is 9.12. The molecule has 3 aromatic rings. The van der Waals surface area contributed by atoms with E-state index in [1.807, 2.05) is 24.3 Å². The molecular formula is C19H17F2N3O2S. The number of thioether (sulfide) groups is 1. The number of hydrogen-bond donors (Lipinski definition) is 0. The second kappa shape index (κ2) is 8.77. The number of alkyl halides is 2. The fraction of sp³-hybridized carbons (Fsp3) is 0.211. The van der Waals surface area contributed by atoms with Gasteiger partial charge in [0.15, 0.2) is 0 Å². The largest absolute Gasteiger partial charge is 0.435 e. The Balaban J connectivity index is 1.57. The van der Waals surface area contributed by atoms with Gasteiger partial charge in [-0.2, -0.15) is 13.9 Å². The number of fused-ring (bicyclic) bond motifs is 1. The topological polar surface area (TPSA) is 55.3 Å². The zero-order valence-electron chi connectivity index (χ0n) is 14.5. The van der Waals surface area contributed by atoms with E-state index in [1.165, 1.54) is 23.9 Å². The lowest BCUT2D eigenvalue weighted by molar-refractivity contribution is -0.127. The molecule has 5 nitrogen and oxygen atoms in total. The minimum Gasteiger partial charge on any atom is -0.435 e. The van der Waals surface area contributed by atoms with Crippen LogP contribution in [0.3, 0.4) is 0 Å². The summed E-state index contributed by atoms with van der Waals surface area (Å²) in [6.45, 7) is -2.48. The van der Waals surface area contributed by atoms with Crippen LogP contribution in [0.5, 0.6) is 5.75 Å². The molecule has 0 radical (unpaired) electrons. The van der Waals surface area contributed by atoms with Gasteiger partial charge in [0, 0.05) is 24.4 Å². The monoisotopic (exact) mass is 389 g/mol. The molecule has 0 saturated carbocycles. The molecule has 27 heavy (non-hydrogen) atoms. The standard InChI is InChI=1S/C19H17F2N3O2S/c1-24(11-13-6-8-15(9-7-13)26-19(20)21)17(25)12-27-18-16-5-3-2-4-14(16)10-22-23-18/h2-10,19H,11-12H2,1H3. The highest BCUT2D eigenvalue weighted by atomic mass is 32.2. The number of aromatic nitrogens is 2. The second-order valence-corrected chi connectivity index (χ2v) is 6.76. The first-order valence-electron chi connectivity index (χ1n) is 8.14. The van der Waals surface area contributed by atoms with Gasteiger partial charge in [-0.05, 0) is 17.7 Å². The molecule has 2 aromatic carbocycles. The quantitative estimate of drug-likeness (QED) is 0.572. The van der Waals surface area contributed by atoms with Crippen LogP contribution in [0.1, 0.15) is 5.56 Å². The Morgan fingerprint density at radius 2 is 1.93 bits per heavy atom. The number of nitrogens with zero attached hydrogens (tertiary/aromatic N) is 3. The number of hydrogen-bond acceptors (Lipinski definition) is 5. The van der Waals surface area contributed by atoms with Crippen molar-refractivity contribution in [2.45, 2.75) is 18.2 Å². The van der Waals surface area contributed by atoms with E-state index < -0.39 is 6.61 Å². The van der Waals surface area contributed by atoms with Gasteiger partial charge in [-0.25, -0.2) is 0 Å². The van der Waals surface area contributed by atoms with Crippen LogP contribution in [0.4, 0.5) is 8.78 Å².